The Kier molecular flexibility index (Phi) is 6.41. The van der Waals surface area contributed by atoms with Crippen LogP contribution in [0.3, 0.4) is 0 Å². The van der Waals surface area contributed by atoms with Gasteiger partial charge in [0.1, 0.15) is 5.75 Å². The van der Waals surface area contributed by atoms with E-state index in [1.54, 1.807) is 0 Å². The van der Waals surface area contributed by atoms with Crippen LogP contribution >= 0.6 is 0 Å². The largest absolute Gasteiger partial charge is 0.573 e. The lowest BCUT2D eigenvalue weighted by Crippen LogP contribution is -2.30. The minimum absolute atomic E-state index is 0.100. The van der Waals surface area contributed by atoms with Gasteiger partial charge in [-0.15, -0.1) is 13.2 Å². The maximum absolute atomic E-state index is 12.1. The molecule has 1 unspecified atom stereocenters. The van der Waals surface area contributed by atoms with Gasteiger partial charge in [-0.1, -0.05) is 26.0 Å². The minimum Gasteiger partial charge on any atom is -0.481 e. The number of carbonyl (C=O) groups is 2. The molecular weight excluding hydrogens is 315 g/mol. The molecule has 23 heavy (non-hydrogen) atoms. The summed E-state index contributed by atoms with van der Waals surface area (Å²) in [6.07, 6.45) is -4.94. The van der Waals surface area contributed by atoms with Gasteiger partial charge in [0.05, 0.1) is 12.5 Å². The molecule has 0 radical (unpaired) electrons. The quantitative estimate of drug-likeness (QED) is 0.803. The number of amides is 1. The summed E-state index contributed by atoms with van der Waals surface area (Å²) in [5.41, 5.74) is 0.388. The number of aliphatic carboxylic acids is 1. The molecule has 0 saturated carbocycles. The first-order chi connectivity index (χ1) is 10.6. The van der Waals surface area contributed by atoms with E-state index < -0.39 is 24.1 Å². The molecule has 8 heteroatoms. The molecule has 2 N–H and O–H groups in total. The molecule has 1 aromatic carbocycles. The maximum Gasteiger partial charge on any atom is 0.573 e. The van der Waals surface area contributed by atoms with Crippen LogP contribution in [0.25, 0.3) is 0 Å². The standard InChI is InChI=1S/C15H18F3NO4/c1-9(2)7-13(20)19-12(8-14(21)22)10-3-5-11(6-4-10)23-15(16,17)18/h3-6,9,12H,7-8H2,1-2H3,(H,19,20)(H,21,22). The molecule has 0 saturated heterocycles. The number of halogens is 3. The van der Waals surface area contributed by atoms with Gasteiger partial charge in [0.25, 0.3) is 0 Å². The van der Waals surface area contributed by atoms with Gasteiger partial charge in [0, 0.05) is 6.42 Å². The number of nitrogens with one attached hydrogen (secondary N) is 1. The lowest BCUT2D eigenvalue weighted by atomic mass is 10.0. The zero-order chi connectivity index (χ0) is 17.6. The summed E-state index contributed by atoms with van der Waals surface area (Å²) in [6.45, 7) is 3.68. The van der Waals surface area contributed by atoms with Gasteiger partial charge >= 0.3 is 12.3 Å². The Hall–Kier alpha value is -2.25. The zero-order valence-electron chi connectivity index (χ0n) is 12.7. The molecule has 0 aliphatic rings. The van der Waals surface area contributed by atoms with E-state index in [9.17, 15) is 22.8 Å². The summed E-state index contributed by atoms with van der Waals surface area (Å²) in [5.74, 6) is -1.76. The molecule has 0 heterocycles. The van der Waals surface area contributed by atoms with Crippen LogP contribution in [0.1, 0.15) is 38.3 Å². The van der Waals surface area contributed by atoms with Crippen molar-refractivity contribution in [1.29, 1.82) is 0 Å². The third-order valence-electron chi connectivity index (χ3n) is 2.82. The van der Waals surface area contributed by atoms with E-state index in [2.05, 4.69) is 10.1 Å². The number of hydrogen-bond donors (Lipinski definition) is 2. The van der Waals surface area contributed by atoms with Crippen molar-refractivity contribution < 1.29 is 32.6 Å². The monoisotopic (exact) mass is 333 g/mol. The van der Waals surface area contributed by atoms with Crippen molar-refractivity contribution in [3.05, 3.63) is 29.8 Å². The third kappa shape index (κ3) is 7.53. The number of hydrogen-bond acceptors (Lipinski definition) is 3. The lowest BCUT2D eigenvalue weighted by molar-refractivity contribution is -0.274. The van der Waals surface area contributed by atoms with Crippen LogP contribution in [0.15, 0.2) is 24.3 Å². The fourth-order valence-corrected chi connectivity index (χ4v) is 1.95. The average molecular weight is 333 g/mol. The van der Waals surface area contributed by atoms with E-state index >= 15 is 0 Å². The summed E-state index contributed by atoms with van der Waals surface area (Å²) >= 11 is 0. The van der Waals surface area contributed by atoms with Crippen LogP contribution in [0, 0.1) is 5.92 Å². The van der Waals surface area contributed by atoms with Crippen LogP contribution in [0.5, 0.6) is 5.75 Å². The summed E-state index contributed by atoms with van der Waals surface area (Å²) in [4.78, 5) is 22.7. The normalized spacial score (nSPS) is 12.8. The Morgan fingerprint density at radius 2 is 1.74 bits per heavy atom. The summed E-state index contributed by atoms with van der Waals surface area (Å²) in [7, 11) is 0. The zero-order valence-corrected chi connectivity index (χ0v) is 12.7. The highest BCUT2D eigenvalue weighted by molar-refractivity contribution is 5.77. The molecule has 0 bridgehead atoms. The van der Waals surface area contributed by atoms with E-state index in [1.165, 1.54) is 12.1 Å². The second kappa shape index (κ2) is 7.85. The van der Waals surface area contributed by atoms with Gasteiger partial charge in [-0.3, -0.25) is 9.59 Å². The summed E-state index contributed by atoms with van der Waals surface area (Å²) in [6, 6.07) is 3.92. The number of rotatable bonds is 7. The van der Waals surface area contributed by atoms with E-state index in [-0.39, 0.29) is 24.7 Å². The molecule has 5 nitrogen and oxygen atoms in total. The van der Waals surface area contributed by atoms with Crippen LogP contribution in [0.2, 0.25) is 0 Å². The van der Waals surface area contributed by atoms with Crippen LogP contribution < -0.4 is 10.1 Å². The van der Waals surface area contributed by atoms with Crippen molar-refractivity contribution in [1.82, 2.24) is 5.32 Å². The number of benzene rings is 1. The number of carboxylic acids is 1. The molecule has 0 aliphatic heterocycles. The summed E-state index contributed by atoms with van der Waals surface area (Å²) < 4.78 is 40.1. The second-order valence-corrected chi connectivity index (χ2v) is 5.43. The first kappa shape index (κ1) is 18.8. The Labute approximate surface area is 131 Å². The first-order valence-corrected chi connectivity index (χ1v) is 6.93. The maximum atomic E-state index is 12.1. The van der Waals surface area contributed by atoms with E-state index in [0.29, 0.717) is 5.56 Å². The molecule has 1 rings (SSSR count). The average Bonchev–Trinajstić information content (AvgIpc) is 2.35. The number of alkyl halides is 3. The highest BCUT2D eigenvalue weighted by Crippen LogP contribution is 2.25. The molecule has 1 aromatic rings. The van der Waals surface area contributed by atoms with Crippen LogP contribution in [0.4, 0.5) is 13.2 Å². The molecular formula is C15H18F3NO4. The predicted octanol–water partition coefficient (Wildman–Crippen LogP) is 3.26. The van der Waals surface area contributed by atoms with Crippen molar-refractivity contribution in [3.63, 3.8) is 0 Å². The van der Waals surface area contributed by atoms with Gasteiger partial charge in [0.2, 0.25) is 5.91 Å². The van der Waals surface area contributed by atoms with Crippen molar-refractivity contribution in [2.24, 2.45) is 5.92 Å². The Morgan fingerprint density at radius 1 is 1.17 bits per heavy atom. The van der Waals surface area contributed by atoms with Gasteiger partial charge in [-0.25, -0.2) is 0 Å². The van der Waals surface area contributed by atoms with Gasteiger partial charge in [-0.2, -0.15) is 0 Å². The fraction of sp³-hybridized carbons (Fsp3) is 0.467. The highest BCUT2D eigenvalue weighted by Gasteiger charge is 2.31. The van der Waals surface area contributed by atoms with Crippen LogP contribution in [-0.2, 0) is 9.59 Å². The van der Waals surface area contributed by atoms with Gasteiger partial charge in [0.15, 0.2) is 0 Å². The molecule has 1 amide bonds. The Bertz CT molecular complexity index is 541. The van der Waals surface area contributed by atoms with E-state index in [0.717, 1.165) is 12.1 Å². The molecule has 0 spiro atoms. The Morgan fingerprint density at radius 3 is 2.17 bits per heavy atom. The predicted molar refractivity (Wildman–Crippen MR) is 75.7 cm³/mol. The van der Waals surface area contributed by atoms with Gasteiger partial charge < -0.3 is 15.2 Å². The molecule has 1 atom stereocenters. The fourth-order valence-electron chi connectivity index (χ4n) is 1.95. The van der Waals surface area contributed by atoms with E-state index in [4.69, 9.17) is 5.11 Å². The van der Waals surface area contributed by atoms with Crippen molar-refractivity contribution in [2.45, 2.75) is 39.1 Å². The Balaban J connectivity index is 2.85. The minimum atomic E-state index is -4.80. The van der Waals surface area contributed by atoms with Crippen molar-refractivity contribution in [3.8, 4) is 5.75 Å². The highest BCUT2D eigenvalue weighted by atomic mass is 19.4. The smallest absolute Gasteiger partial charge is 0.481 e. The number of carboxylic acid groups (broad SMARTS) is 1. The first-order valence-electron chi connectivity index (χ1n) is 6.93. The topological polar surface area (TPSA) is 75.6 Å². The van der Waals surface area contributed by atoms with Crippen molar-refractivity contribution >= 4 is 11.9 Å². The van der Waals surface area contributed by atoms with Crippen LogP contribution in [-0.4, -0.2) is 23.3 Å². The SMILES string of the molecule is CC(C)CC(=O)NC(CC(=O)O)c1ccc(OC(F)(F)F)cc1. The van der Waals surface area contributed by atoms with Gasteiger partial charge in [-0.05, 0) is 23.6 Å². The second-order valence-electron chi connectivity index (χ2n) is 5.43. The molecule has 0 aromatic heterocycles. The van der Waals surface area contributed by atoms with E-state index in [1.807, 2.05) is 13.8 Å². The van der Waals surface area contributed by atoms with Crippen molar-refractivity contribution in [2.75, 3.05) is 0 Å². The molecule has 0 aliphatic carbocycles. The molecule has 0 fully saturated rings. The lowest BCUT2D eigenvalue weighted by Gasteiger charge is -2.19. The molecule has 128 valence electrons. The number of carbonyl (C=O) groups excluding carboxylic acids is 1. The summed E-state index contributed by atoms with van der Waals surface area (Å²) in [5, 5.41) is 11.5. The third-order valence-corrected chi connectivity index (χ3v) is 2.82. The number of ether oxygens (including phenoxy) is 1.